The molecule has 0 radical (unpaired) electrons. The number of benzene rings is 1. The number of hydrogen-bond donors (Lipinski definition) is 1. The van der Waals surface area contributed by atoms with E-state index in [9.17, 15) is 4.79 Å². The summed E-state index contributed by atoms with van der Waals surface area (Å²) in [7, 11) is 0. The zero-order valence-electron chi connectivity index (χ0n) is 11.4. The van der Waals surface area contributed by atoms with E-state index in [-0.39, 0.29) is 12.0 Å². The molecule has 98 valence electrons. The number of nitrogens with one attached hydrogen (secondary N) is 1. The van der Waals surface area contributed by atoms with Crippen LogP contribution < -0.4 is 5.32 Å². The van der Waals surface area contributed by atoms with E-state index in [2.05, 4.69) is 5.32 Å². The first-order valence-corrected chi connectivity index (χ1v) is 6.55. The molecule has 1 fully saturated rings. The highest BCUT2D eigenvalue weighted by Gasteiger charge is 2.18. The summed E-state index contributed by atoms with van der Waals surface area (Å²) < 4.78 is 5.50. The van der Waals surface area contributed by atoms with Crippen LogP contribution in [0.2, 0.25) is 0 Å². The maximum atomic E-state index is 12.2. The molecule has 0 aromatic heterocycles. The predicted molar refractivity (Wildman–Crippen MR) is 72.0 cm³/mol. The van der Waals surface area contributed by atoms with Gasteiger partial charge in [0.15, 0.2) is 0 Å². The lowest BCUT2D eigenvalue weighted by atomic mass is 9.99. The fourth-order valence-electron chi connectivity index (χ4n) is 2.64. The lowest BCUT2D eigenvalue weighted by Gasteiger charge is -2.14. The number of rotatable bonds is 3. The van der Waals surface area contributed by atoms with E-state index in [1.54, 1.807) is 0 Å². The number of amides is 1. The lowest BCUT2D eigenvalue weighted by molar-refractivity contribution is 0.0856. The highest BCUT2D eigenvalue weighted by molar-refractivity contribution is 5.97. The second-order valence-electron chi connectivity index (χ2n) is 5.12. The van der Waals surface area contributed by atoms with Gasteiger partial charge in [0.25, 0.3) is 5.91 Å². The van der Waals surface area contributed by atoms with Gasteiger partial charge < -0.3 is 10.1 Å². The monoisotopic (exact) mass is 247 g/mol. The minimum Gasteiger partial charge on any atom is -0.376 e. The van der Waals surface area contributed by atoms with E-state index in [1.807, 2.05) is 32.9 Å². The van der Waals surface area contributed by atoms with Crippen LogP contribution in [0.25, 0.3) is 0 Å². The first-order chi connectivity index (χ1) is 8.58. The van der Waals surface area contributed by atoms with Gasteiger partial charge in [-0.2, -0.15) is 0 Å². The summed E-state index contributed by atoms with van der Waals surface area (Å²) in [5, 5.41) is 2.98. The zero-order chi connectivity index (χ0) is 13.1. The Morgan fingerprint density at radius 3 is 2.56 bits per heavy atom. The highest BCUT2D eigenvalue weighted by atomic mass is 16.5. The molecule has 1 amide bonds. The van der Waals surface area contributed by atoms with Crippen LogP contribution in [0.15, 0.2) is 12.1 Å². The molecule has 1 aliphatic heterocycles. The SMILES string of the molecule is Cc1cc(C)c(C(=O)NCC2CCCO2)c(C)c1. The van der Waals surface area contributed by atoms with Crippen molar-refractivity contribution < 1.29 is 9.53 Å². The summed E-state index contributed by atoms with van der Waals surface area (Å²) in [5.74, 6) is 0.0144. The molecule has 1 aromatic rings. The molecule has 1 N–H and O–H groups in total. The average Bonchev–Trinajstić information content (AvgIpc) is 2.77. The van der Waals surface area contributed by atoms with Crippen molar-refractivity contribution in [2.24, 2.45) is 0 Å². The molecule has 0 bridgehead atoms. The Kier molecular flexibility index (Phi) is 4.02. The van der Waals surface area contributed by atoms with E-state index in [0.29, 0.717) is 6.54 Å². The summed E-state index contributed by atoms with van der Waals surface area (Å²) in [6.07, 6.45) is 2.34. The summed E-state index contributed by atoms with van der Waals surface area (Å²) >= 11 is 0. The Balaban J connectivity index is 2.04. The van der Waals surface area contributed by atoms with Crippen molar-refractivity contribution in [1.82, 2.24) is 5.32 Å². The number of carbonyl (C=O) groups is 1. The minimum atomic E-state index is 0.0144. The van der Waals surface area contributed by atoms with Gasteiger partial charge in [-0.25, -0.2) is 0 Å². The van der Waals surface area contributed by atoms with E-state index in [0.717, 1.165) is 36.1 Å². The smallest absolute Gasteiger partial charge is 0.251 e. The van der Waals surface area contributed by atoms with Crippen molar-refractivity contribution in [2.45, 2.75) is 39.7 Å². The third-order valence-corrected chi connectivity index (χ3v) is 3.42. The van der Waals surface area contributed by atoms with Crippen LogP contribution in [0, 0.1) is 20.8 Å². The van der Waals surface area contributed by atoms with E-state index < -0.39 is 0 Å². The lowest BCUT2D eigenvalue weighted by Crippen LogP contribution is -2.32. The second-order valence-corrected chi connectivity index (χ2v) is 5.12. The molecule has 2 rings (SSSR count). The van der Waals surface area contributed by atoms with Crippen LogP contribution in [0.3, 0.4) is 0 Å². The number of aryl methyl sites for hydroxylation is 3. The van der Waals surface area contributed by atoms with Gasteiger partial charge in [-0.05, 0) is 44.7 Å². The first-order valence-electron chi connectivity index (χ1n) is 6.55. The van der Waals surface area contributed by atoms with Gasteiger partial charge in [0.05, 0.1) is 6.10 Å². The molecule has 1 heterocycles. The van der Waals surface area contributed by atoms with Crippen LogP contribution in [0.4, 0.5) is 0 Å². The maximum Gasteiger partial charge on any atom is 0.251 e. The topological polar surface area (TPSA) is 38.3 Å². The standard InChI is InChI=1S/C15H21NO2/c1-10-7-11(2)14(12(3)8-10)15(17)16-9-13-5-4-6-18-13/h7-8,13H,4-6,9H2,1-3H3,(H,16,17). The van der Waals surface area contributed by atoms with Crippen molar-refractivity contribution in [1.29, 1.82) is 0 Å². The van der Waals surface area contributed by atoms with Crippen LogP contribution in [-0.2, 0) is 4.74 Å². The molecule has 18 heavy (non-hydrogen) atoms. The Bertz CT molecular complexity index is 425. The van der Waals surface area contributed by atoms with Crippen molar-refractivity contribution in [3.05, 3.63) is 34.4 Å². The van der Waals surface area contributed by atoms with Gasteiger partial charge in [-0.3, -0.25) is 4.79 Å². The van der Waals surface area contributed by atoms with Crippen LogP contribution in [-0.4, -0.2) is 25.2 Å². The van der Waals surface area contributed by atoms with Gasteiger partial charge >= 0.3 is 0 Å². The van der Waals surface area contributed by atoms with Crippen LogP contribution in [0.1, 0.15) is 39.9 Å². The Labute approximate surface area is 109 Å². The predicted octanol–water partition coefficient (Wildman–Crippen LogP) is 2.52. The molecule has 0 aliphatic carbocycles. The maximum absolute atomic E-state index is 12.2. The van der Waals surface area contributed by atoms with Gasteiger partial charge in [0, 0.05) is 18.7 Å². The quantitative estimate of drug-likeness (QED) is 0.891. The average molecular weight is 247 g/mol. The van der Waals surface area contributed by atoms with E-state index >= 15 is 0 Å². The van der Waals surface area contributed by atoms with E-state index in [1.165, 1.54) is 5.56 Å². The molecule has 1 unspecified atom stereocenters. The zero-order valence-corrected chi connectivity index (χ0v) is 11.4. The molecular formula is C15H21NO2. The number of hydrogen-bond acceptors (Lipinski definition) is 2. The van der Waals surface area contributed by atoms with Gasteiger partial charge in [0.1, 0.15) is 0 Å². The first kappa shape index (κ1) is 13.1. The minimum absolute atomic E-state index is 0.0144. The van der Waals surface area contributed by atoms with Gasteiger partial charge in [0.2, 0.25) is 0 Å². The third-order valence-electron chi connectivity index (χ3n) is 3.42. The van der Waals surface area contributed by atoms with Crippen molar-refractivity contribution in [3.63, 3.8) is 0 Å². The fraction of sp³-hybridized carbons (Fsp3) is 0.533. The van der Waals surface area contributed by atoms with Crippen molar-refractivity contribution >= 4 is 5.91 Å². The van der Waals surface area contributed by atoms with Crippen molar-refractivity contribution in [2.75, 3.05) is 13.2 Å². The number of carbonyl (C=O) groups excluding carboxylic acids is 1. The Morgan fingerprint density at radius 1 is 1.33 bits per heavy atom. The summed E-state index contributed by atoms with van der Waals surface area (Å²) in [6, 6.07) is 4.10. The molecule has 1 atom stereocenters. The molecule has 1 saturated heterocycles. The van der Waals surface area contributed by atoms with Gasteiger partial charge in [-0.1, -0.05) is 17.7 Å². The number of ether oxygens (including phenoxy) is 1. The molecule has 0 saturated carbocycles. The fourth-order valence-corrected chi connectivity index (χ4v) is 2.64. The summed E-state index contributed by atoms with van der Waals surface area (Å²) in [6.45, 7) is 7.46. The van der Waals surface area contributed by atoms with Crippen LogP contribution in [0.5, 0.6) is 0 Å². The molecule has 3 nitrogen and oxygen atoms in total. The third kappa shape index (κ3) is 2.91. The summed E-state index contributed by atoms with van der Waals surface area (Å²) in [4.78, 5) is 12.2. The molecule has 3 heteroatoms. The van der Waals surface area contributed by atoms with Crippen molar-refractivity contribution in [3.8, 4) is 0 Å². The van der Waals surface area contributed by atoms with E-state index in [4.69, 9.17) is 4.74 Å². The molecule has 1 aliphatic rings. The van der Waals surface area contributed by atoms with Gasteiger partial charge in [-0.15, -0.1) is 0 Å². The molecular weight excluding hydrogens is 226 g/mol. The Morgan fingerprint density at radius 2 is 2.00 bits per heavy atom. The largest absolute Gasteiger partial charge is 0.376 e. The molecule has 1 aromatic carbocycles. The highest BCUT2D eigenvalue weighted by Crippen LogP contribution is 2.17. The Hall–Kier alpha value is -1.35. The van der Waals surface area contributed by atoms with Crippen LogP contribution >= 0.6 is 0 Å². The summed E-state index contributed by atoms with van der Waals surface area (Å²) in [5.41, 5.74) is 4.08. The molecule has 0 spiro atoms. The second kappa shape index (κ2) is 5.53. The normalized spacial score (nSPS) is 18.9.